The van der Waals surface area contributed by atoms with Gasteiger partial charge in [0, 0.05) is 52.3 Å². The van der Waals surface area contributed by atoms with Gasteiger partial charge in [-0.2, -0.15) is 0 Å². The second-order valence-corrected chi connectivity index (χ2v) is 9.99. The van der Waals surface area contributed by atoms with Gasteiger partial charge in [-0.25, -0.2) is 0 Å². The summed E-state index contributed by atoms with van der Waals surface area (Å²) in [7, 11) is 0. The van der Waals surface area contributed by atoms with Crippen LogP contribution < -0.4 is 0 Å². The van der Waals surface area contributed by atoms with Crippen LogP contribution in [-0.2, 0) is 17.1 Å². The van der Waals surface area contributed by atoms with E-state index >= 15 is 0 Å². The molecule has 0 amide bonds. The van der Waals surface area contributed by atoms with Crippen LogP contribution in [-0.4, -0.2) is 45.0 Å². The second-order valence-electron chi connectivity index (χ2n) is 9.99. The predicted molar refractivity (Wildman–Crippen MR) is 92.4 cm³/mol. The average molecular weight is 348 g/mol. The minimum Gasteiger partial charge on any atom is -0.292 e. The van der Waals surface area contributed by atoms with Crippen LogP contribution in [0.4, 0.5) is 0 Å². The summed E-state index contributed by atoms with van der Waals surface area (Å²) >= 11 is 0. The van der Waals surface area contributed by atoms with E-state index in [-0.39, 0.29) is 39.2 Å². The van der Waals surface area contributed by atoms with Crippen LogP contribution in [0.5, 0.6) is 0 Å². The van der Waals surface area contributed by atoms with Gasteiger partial charge in [-0.3, -0.25) is 9.80 Å². The first-order valence-electron chi connectivity index (χ1n) is 8.03. The Labute approximate surface area is 145 Å². The van der Waals surface area contributed by atoms with Crippen molar-refractivity contribution in [2.45, 2.75) is 105 Å². The van der Waals surface area contributed by atoms with E-state index in [1.807, 2.05) is 0 Å². The van der Waals surface area contributed by atoms with Crippen LogP contribution in [0.3, 0.4) is 0 Å². The third-order valence-corrected chi connectivity index (χ3v) is 3.79. The molecular formula is C18H40CuN2. The Bertz CT molecular complexity index is 237. The molecule has 0 unspecified atom stereocenters. The maximum atomic E-state index is 2.62. The summed E-state index contributed by atoms with van der Waals surface area (Å²) in [5.41, 5.74) is 0.777. The zero-order valence-corrected chi connectivity index (χ0v) is 17.6. The number of rotatable bonds is 3. The molecule has 0 rings (SSSR count). The first-order chi connectivity index (χ1) is 8.47. The van der Waals surface area contributed by atoms with Crippen LogP contribution in [0, 0.1) is 0 Å². The Kier molecular flexibility index (Phi) is 8.28. The maximum Gasteiger partial charge on any atom is 0.0130 e. The van der Waals surface area contributed by atoms with Crippen molar-refractivity contribution in [2.24, 2.45) is 0 Å². The summed E-state index contributed by atoms with van der Waals surface area (Å²) in [6.07, 6.45) is 0. The van der Waals surface area contributed by atoms with E-state index in [0.717, 1.165) is 13.1 Å². The third kappa shape index (κ3) is 8.02. The largest absolute Gasteiger partial charge is 0.292 e. The molecule has 0 aromatic rings. The Morgan fingerprint density at radius 2 is 0.571 bits per heavy atom. The van der Waals surface area contributed by atoms with Crippen LogP contribution in [0.25, 0.3) is 0 Å². The Morgan fingerprint density at radius 1 is 0.429 bits per heavy atom. The molecule has 0 aliphatic rings. The summed E-state index contributed by atoms with van der Waals surface area (Å²) in [6, 6.07) is 0. The van der Waals surface area contributed by atoms with Gasteiger partial charge in [0.2, 0.25) is 0 Å². The summed E-state index contributed by atoms with van der Waals surface area (Å²) in [4.78, 5) is 5.23. The standard InChI is InChI=1S/C18H40N2.Cu/c1-15(2,3)19(16(4,5)6)13-14-20(17(7,8)9)18(10,11)12;/h13-14H2,1-12H3;. The van der Waals surface area contributed by atoms with Gasteiger partial charge in [-0.15, -0.1) is 0 Å². The fraction of sp³-hybridized carbons (Fsp3) is 1.00. The molecule has 3 heteroatoms. The summed E-state index contributed by atoms with van der Waals surface area (Å²) in [5, 5.41) is 0. The van der Waals surface area contributed by atoms with Crippen LogP contribution in [0.1, 0.15) is 83.1 Å². The minimum absolute atomic E-state index is 0. The Hall–Kier alpha value is 0.439. The van der Waals surface area contributed by atoms with Gasteiger partial charge >= 0.3 is 0 Å². The number of hydrogen-bond donors (Lipinski definition) is 0. The van der Waals surface area contributed by atoms with E-state index in [1.54, 1.807) is 0 Å². The molecule has 0 N–H and O–H groups in total. The molecule has 0 heterocycles. The van der Waals surface area contributed by atoms with Gasteiger partial charge < -0.3 is 0 Å². The van der Waals surface area contributed by atoms with Gasteiger partial charge in [-0.1, -0.05) is 0 Å². The Morgan fingerprint density at radius 3 is 0.667 bits per heavy atom. The van der Waals surface area contributed by atoms with Crippen LogP contribution >= 0.6 is 0 Å². The van der Waals surface area contributed by atoms with Crippen molar-refractivity contribution < 1.29 is 17.1 Å². The SMILES string of the molecule is CC(C)(C)N(CCN(C(C)(C)C)C(C)(C)C)C(C)(C)C.[Cu]. The van der Waals surface area contributed by atoms with E-state index in [0.29, 0.717) is 0 Å². The number of hydrogen-bond acceptors (Lipinski definition) is 2. The monoisotopic (exact) mass is 347 g/mol. The first-order valence-corrected chi connectivity index (χ1v) is 8.03. The molecule has 2 nitrogen and oxygen atoms in total. The third-order valence-electron chi connectivity index (χ3n) is 3.79. The number of nitrogens with zero attached hydrogens (tertiary/aromatic N) is 2. The van der Waals surface area contributed by atoms with Crippen molar-refractivity contribution in [1.29, 1.82) is 0 Å². The molecule has 0 fully saturated rings. The zero-order valence-electron chi connectivity index (χ0n) is 16.6. The van der Waals surface area contributed by atoms with Gasteiger partial charge in [-0.05, 0) is 83.1 Å². The van der Waals surface area contributed by atoms with Crippen molar-refractivity contribution in [3.05, 3.63) is 0 Å². The van der Waals surface area contributed by atoms with E-state index in [9.17, 15) is 0 Å². The van der Waals surface area contributed by atoms with Gasteiger partial charge in [0.05, 0.1) is 0 Å². The fourth-order valence-electron chi connectivity index (χ4n) is 3.55. The Balaban J connectivity index is 0. The molecule has 21 heavy (non-hydrogen) atoms. The van der Waals surface area contributed by atoms with Crippen molar-refractivity contribution in [3.63, 3.8) is 0 Å². The van der Waals surface area contributed by atoms with Crippen molar-refractivity contribution >= 4 is 0 Å². The molecule has 0 aromatic heterocycles. The predicted octanol–water partition coefficient (Wildman–Crippen LogP) is 4.78. The quantitative estimate of drug-likeness (QED) is 0.678. The second kappa shape index (κ2) is 7.34. The summed E-state index contributed by atoms with van der Waals surface area (Å²) in [5.74, 6) is 0. The first kappa shape index (κ1) is 23.7. The summed E-state index contributed by atoms with van der Waals surface area (Å²) < 4.78 is 0. The van der Waals surface area contributed by atoms with Gasteiger partial charge in [0.1, 0.15) is 0 Å². The molecule has 0 spiro atoms. The summed E-state index contributed by atoms with van der Waals surface area (Å²) in [6.45, 7) is 30.0. The molecule has 0 atom stereocenters. The van der Waals surface area contributed by atoms with Crippen molar-refractivity contribution in [3.8, 4) is 0 Å². The smallest absolute Gasteiger partial charge is 0.0130 e. The molecular weight excluding hydrogens is 308 g/mol. The topological polar surface area (TPSA) is 6.48 Å². The van der Waals surface area contributed by atoms with Crippen LogP contribution in [0.15, 0.2) is 0 Å². The molecule has 0 aromatic carbocycles. The van der Waals surface area contributed by atoms with Crippen LogP contribution in [0.2, 0.25) is 0 Å². The minimum atomic E-state index is 0. The maximum absolute atomic E-state index is 2.62. The van der Waals surface area contributed by atoms with Gasteiger partial charge in [0.15, 0.2) is 0 Å². The van der Waals surface area contributed by atoms with Crippen molar-refractivity contribution in [2.75, 3.05) is 13.1 Å². The molecule has 0 saturated carbocycles. The molecule has 0 saturated heterocycles. The molecule has 0 aliphatic heterocycles. The molecule has 133 valence electrons. The van der Waals surface area contributed by atoms with E-state index in [4.69, 9.17) is 0 Å². The molecule has 0 aliphatic carbocycles. The molecule has 1 radical (unpaired) electrons. The van der Waals surface area contributed by atoms with E-state index in [2.05, 4.69) is 92.9 Å². The van der Waals surface area contributed by atoms with E-state index < -0.39 is 0 Å². The van der Waals surface area contributed by atoms with E-state index in [1.165, 1.54) is 0 Å². The zero-order chi connectivity index (χ0) is 16.6. The normalized spacial score (nSPS) is 14.6. The van der Waals surface area contributed by atoms with Crippen molar-refractivity contribution in [1.82, 2.24) is 9.80 Å². The van der Waals surface area contributed by atoms with Gasteiger partial charge in [0.25, 0.3) is 0 Å². The molecule has 0 bridgehead atoms. The fourth-order valence-corrected chi connectivity index (χ4v) is 3.55. The average Bonchev–Trinajstić information content (AvgIpc) is 2.02.